The van der Waals surface area contributed by atoms with Crippen molar-refractivity contribution in [2.75, 3.05) is 33.2 Å². The van der Waals surface area contributed by atoms with Crippen LogP contribution in [0.4, 0.5) is 9.18 Å². The number of carbonyl (C=O) groups is 3. The van der Waals surface area contributed by atoms with Gasteiger partial charge in [-0.05, 0) is 54.8 Å². The molecule has 0 unspecified atom stereocenters. The number of carbonyl (C=O) groups excluding carboxylic acids is 3. The summed E-state index contributed by atoms with van der Waals surface area (Å²) in [4.78, 5) is 43.1. The largest absolute Gasteiger partial charge is 0.415 e. The van der Waals surface area contributed by atoms with Gasteiger partial charge in [0.2, 0.25) is 11.8 Å². The molecule has 4 rings (SSSR count). The maximum Gasteiger partial charge on any atom is 0.415 e. The molecule has 7 nitrogen and oxygen atoms in total. The SMILES string of the molecule is CC(=O)N1CCC(C(=O)N2C[C@H](c3ccc(Cl)c(Cl)c3)[C@@H](N(C)C(=O)Oc3ccc(F)cc3)C2)CC1. The molecule has 0 aromatic heterocycles. The van der Waals surface area contributed by atoms with Gasteiger partial charge < -0.3 is 19.4 Å². The Bertz CT molecular complexity index is 1140. The monoisotopic (exact) mass is 535 g/mol. The maximum atomic E-state index is 13.4. The quantitative estimate of drug-likeness (QED) is 0.562. The van der Waals surface area contributed by atoms with Gasteiger partial charge in [-0.15, -0.1) is 0 Å². The normalized spacial score (nSPS) is 20.4. The van der Waals surface area contributed by atoms with Gasteiger partial charge in [0, 0.05) is 52.0 Å². The highest BCUT2D eigenvalue weighted by atomic mass is 35.5. The highest BCUT2D eigenvalue weighted by Gasteiger charge is 2.42. The predicted molar refractivity (Wildman–Crippen MR) is 135 cm³/mol. The minimum absolute atomic E-state index is 0.0168. The Balaban J connectivity index is 1.52. The Hall–Kier alpha value is -2.84. The number of likely N-dealkylation sites (N-methyl/N-ethyl adjacent to an activating group) is 1. The average Bonchev–Trinajstić information content (AvgIpc) is 3.31. The van der Waals surface area contributed by atoms with E-state index in [9.17, 15) is 18.8 Å². The highest BCUT2D eigenvalue weighted by Crippen LogP contribution is 2.36. The smallest absolute Gasteiger partial charge is 0.410 e. The van der Waals surface area contributed by atoms with Crippen molar-refractivity contribution < 1.29 is 23.5 Å². The molecule has 2 aliphatic rings. The summed E-state index contributed by atoms with van der Waals surface area (Å²) in [5.74, 6) is -0.560. The van der Waals surface area contributed by atoms with Gasteiger partial charge in [0.15, 0.2) is 0 Å². The van der Waals surface area contributed by atoms with Crippen LogP contribution in [0.2, 0.25) is 10.0 Å². The lowest BCUT2D eigenvalue weighted by Gasteiger charge is -2.32. The zero-order valence-electron chi connectivity index (χ0n) is 20.1. The van der Waals surface area contributed by atoms with Crippen molar-refractivity contribution >= 4 is 41.1 Å². The van der Waals surface area contributed by atoms with Gasteiger partial charge in [-0.2, -0.15) is 0 Å². The lowest BCUT2D eigenvalue weighted by atomic mass is 9.93. The third-order valence-electron chi connectivity index (χ3n) is 7.07. The second kappa shape index (κ2) is 11.0. The molecule has 2 aliphatic heterocycles. The van der Waals surface area contributed by atoms with Crippen molar-refractivity contribution in [1.29, 1.82) is 0 Å². The fourth-order valence-corrected chi connectivity index (χ4v) is 5.25. The van der Waals surface area contributed by atoms with E-state index in [-0.39, 0.29) is 35.4 Å². The number of hydrogen-bond acceptors (Lipinski definition) is 4. The number of hydrogen-bond donors (Lipinski definition) is 0. The summed E-state index contributed by atoms with van der Waals surface area (Å²) in [6, 6.07) is 10.1. The lowest BCUT2D eigenvalue weighted by molar-refractivity contribution is -0.139. The second-order valence-electron chi connectivity index (χ2n) is 9.30. The third-order valence-corrected chi connectivity index (χ3v) is 7.81. The summed E-state index contributed by atoms with van der Waals surface area (Å²) in [5, 5.41) is 0.815. The van der Waals surface area contributed by atoms with Crippen molar-refractivity contribution in [3.63, 3.8) is 0 Å². The molecule has 3 amide bonds. The molecule has 192 valence electrons. The zero-order chi connectivity index (χ0) is 26.0. The molecular weight excluding hydrogens is 508 g/mol. The Morgan fingerprint density at radius 2 is 1.64 bits per heavy atom. The molecule has 0 bridgehead atoms. The van der Waals surface area contributed by atoms with Crippen molar-refractivity contribution in [1.82, 2.24) is 14.7 Å². The lowest BCUT2D eigenvalue weighted by Crippen LogP contribution is -2.45. The number of halogens is 3. The van der Waals surface area contributed by atoms with Gasteiger partial charge in [0.25, 0.3) is 0 Å². The maximum absolute atomic E-state index is 13.4. The highest BCUT2D eigenvalue weighted by molar-refractivity contribution is 6.42. The van der Waals surface area contributed by atoms with E-state index in [4.69, 9.17) is 27.9 Å². The Kier molecular flexibility index (Phi) is 8.05. The number of benzene rings is 2. The molecule has 0 spiro atoms. The van der Waals surface area contributed by atoms with E-state index in [1.165, 1.54) is 36.1 Å². The van der Waals surface area contributed by atoms with E-state index in [2.05, 4.69) is 0 Å². The summed E-state index contributed by atoms with van der Waals surface area (Å²) in [6.45, 7) is 3.39. The molecule has 2 saturated heterocycles. The topological polar surface area (TPSA) is 70.2 Å². The van der Waals surface area contributed by atoms with Crippen LogP contribution in [0.5, 0.6) is 5.75 Å². The molecule has 10 heteroatoms. The van der Waals surface area contributed by atoms with Crippen LogP contribution in [0.3, 0.4) is 0 Å². The van der Waals surface area contributed by atoms with Gasteiger partial charge in [-0.3, -0.25) is 9.59 Å². The minimum atomic E-state index is -0.610. The molecule has 2 aromatic rings. The summed E-state index contributed by atoms with van der Waals surface area (Å²) >= 11 is 12.4. The standard InChI is InChI=1S/C26H28Cl2FN3O4/c1-16(33)31-11-9-17(10-12-31)25(34)32-14-21(18-3-8-22(27)23(28)13-18)24(15-32)30(2)26(35)36-20-6-4-19(29)5-7-20/h3-8,13,17,21,24H,9-12,14-15H2,1-2H3/t21-,24+/m1/s1. The van der Waals surface area contributed by atoms with Gasteiger partial charge in [0.1, 0.15) is 11.6 Å². The molecule has 0 radical (unpaired) electrons. The van der Waals surface area contributed by atoms with E-state index in [0.717, 1.165) is 5.56 Å². The van der Waals surface area contributed by atoms with Crippen molar-refractivity contribution in [3.8, 4) is 5.75 Å². The number of likely N-dealkylation sites (tertiary alicyclic amines) is 2. The summed E-state index contributed by atoms with van der Waals surface area (Å²) in [7, 11) is 1.63. The van der Waals surface area contributed by atoms with Crippen LogP contribution in [0.25, 0.3) is 0 Å². The van der Waals surface area contributed by atoms with Gasteiger partial charge in [0.05, 0.1) is 16.1 Å². The number of nitrogens with zero attached hydrogens (tertiary/aromatic N) is 3. The van der Waals surface area contributed by atoms with Crippen LogP contribution in [0, 0.1) is 11.7 Å². The van der Waals surface area contributed by atoms with Gasteiger partial charge in [-0.25, -0.2) is 9.18 Å². The molecule has 0 saturated carbocycles. The Morgan fingerprint density at radius 3 is 2.25 bits per heavy atom. The van der Waals surface area contributed by atoms with Crippen LogP contribution < -0.4 is 4.74 Å². The molecule has 2 atom stereocenters. The van der Waals surface area contributed by atoms with Gasteiger partial charge in [-0.1, -0.05) is 29.3 Å². The fraction of sp³-hybridized carbons (Fsp3) is 0.423. The van der Waals surface area contributed by atoms with E-state index in [0.29, 0.717) is 49.1 Å². The van der Waals surface area contributed by atoms with Crippen LogP contribution in [0.1, 0.15) is 31.2 Å². The van der Waals surface area contributed by atoms with E-state index >= 15 is 0 Å². The zero-order valence-corrected chi connectivity index (χ0v) is 21.6. The van der Waals surface area contributed by atoms with E-state index in [1.54, 1.807) is 29.0 Å². The van der Waals surface area contributed by atoms with Gasteiger partial charge >= 0.3 is 6.09 Å². The molecular formula is C26H28Cl2FN3O4. The molecule has 0 N–H and O–H groups in total. The Morgan fingerprint density at radius 1 is 0.972 bits per heavy atom. The van der Waals surface area contributed by atoms with Crippen LogP contribution in [-0.2, 0) is 9.59 Å². The van der Waals surface area contributed by atoms with Crippen molar-refractivity contribution in [2.45, 2.75) is 31.7 Å². The molecule has 2 heterocycles. The first-order chi connectivity index (χ1) is 17.1. The third kappa shape index (κ3) is 5.76. The number of rotatable bonds is 4. The Labute approximate surface area is 219 Å². The first-order valence-electron chi connectivity index (χ1n) is 11.8. The van der Waals surface area contributed by atoms with Crippen LogP contribution in [-0.4, -0.2) is 71.9 Å². The molecule has 0 aliphatic carbocycles. The first-order valence-corrected chi connectivity index (χ1v) is 12.6. The number of piperidine rings is 1. The predicted octanol–water partition coefficient (Wildman–Crippen LogP) is 4.82. The van der Waals surface area contributed by atoms with Crippen LogP contribution >= 0.6 is 23.2 Å². The molecule has 36 heavy (non-hydrogen) atoms. The first kappa shape index (κ1) is 26.2. The molecule has 2 fully saturated rings. The summed E-state index contributed by atoms with van der Waals surface area (Å²) in [5.41, 5.74) is 0.859. The average molecular weight is 536 g/mol. The van der Waals surface area contributed by atoms with E-state index in [1.807, 2.05) is 6.07 Å². The van der Waals surface area contributed by atoms with Crippen molar-refractivity contribution in [3.05, 3.63) is 63.9 Å². The summed E-state index contributed by atoms with van der Waals surface area (Å²) in [6.07, 6.45) is 0.611. The number of amides is 3. The fourth-order valence-electron chi connectivity index (χ4n) is 4.94. The summed E-state index contributed by atoms with van der Waals surface area (Å²) < 4.78 is 18.7. The number of ether oxygens (including phenoxy) is 1. The van der Waals surface area contributed by atoms with E-state index < -0.39 is 11.9 Å². The molecule has 2 aromatic carbocycles. The second-order valence-corrected chi connectivity index (χ2v) is 10.1. The minimum Gasteiger partial charge on any atom is -0.410 e. The van der Waals surface area contributed by atoms with Crippen LogP contribution in [0.15, 0.2) is 42.5 Å². The van der Waals surface area contributed by atoms with Crippen molar-refractivity contribution in [2.24, 2.45) is 5.92 Å².